The van der Waals surface area contributed by atoms with Gasteiger partial charge in [0.1, 0.15) is 0 Å². The predicted molar refractivity (Wildman–Crippen MR) is 80.6 cm³/mol. The lowest BCUT2D eigenvalue weighted by molar-refractivity contribution is 0.0232. The van der Waals surface area contributed by atoms with Crippen LogP contribution in [0.25, 0.3) is 5.69 Å². The summed E-state index contributed by atoms with van der Waals surface area (Å²) in [6.45, 7) is 2.91. The highest BCUT2D eigenvalue weighted by atomic mass is 35.5. The van der Waals surface area contributed by atoms with Crippen LogP contribution < -0.4 is 5.32 Å². The van der Waals surface area contributed by atoms with E-state index in [1.165, 1.54) is 0 Å². The zero-order chi connectivity index (χ0) is 13.9. The quantitative estimate of drug-likeness (QED) is 0.940. The Morgan fingerprint density at radius 3 is 3.10 bits per heavy atom. The van der Waals surface area contributed by atoms with Crippen LogP contribution in [-0.2, 0) is 4.74 Å². The molecule has 2 aromatic rings. The van der Waals surface area contributed by atoms with E-state index in [1.807, 2.05) is 35.1 Å². The van der Waals surface area contributed by atoms with Gasteiger partial charge in [0, 0.05) is 30.1 Å². The number of ether oxygens (including phenoxy) is 1. The van der Waals surface area contributed by atoms with Gasteiger partial charge in [0.25, 0.3) is 0 Å². The van der Waals surface area contributed by atoms with E-state index in [1.54, 1.807) is 6.20 Å². The van der Waals surface area contributed by atoms with E-state index in [9.17, 15) is 0 Å². The summed E-state index contributed by atoms with van der Waals surface area (Å²) in [4.78, 5) is 0. The SMILES string of the molecule is CC1CC(Nc2cc(Cl)ccc2-n2cccn2)CCO1. The fourth-order valence-electron chi connectivity index (χ4n) is 2.58. The maximum absolute atomic E-state index is 6.13. The van der Waals surface area contributed by atoms with Crippen molar-refractivity contribution in [3.05, 3.63) is 41.7 Å². The molecular formula is C15H18ClN3O. The summed E-state index contributed by atoms with van der Waals surface area (Å²) in [5.74, 6) is 0. The smallest absolute Gasteiger partial charge is 0.0877 e. The van der Waals surface area contributed by atoms with Crippen LogP contribution in [0, 0.1) is 0 Å². The summed E-state index contributed by atoms with van der Waals surface area (Å²) in [5, 5.41) is 8.60. The number of hydrogen-bond acceptors (Lipinski definition) is 3. The van der Waals surface area contributed by atoms with Crippen molar-refractivity contribution >= 4 is 17.3 Å². The molecule has 3 rings (SSSR count). The number of halogens is 1. The Morgan fingerprint density at radius 2 is 2.35 bits per heavy atom. The Morgan fingerprint density at radius 1 is 1.45 bits per heavy atom. The monoisotopic (exact) mass is 291 g/mol. The molecule has 2 atom stereocenters. The second-order valence-corrected chi connectivity index (χ2v) is 5.60. The maximum Gasteiger partial charge on any atom is 0.0877 e. The van der Waals surface area contributed by atoms with Gasteiger partial charge in [-0.15, -0.1) is 0 Å². The van der Waals surface area contributed by atoms with Crippen LogP contribution in [0.5, 0.6) is 0 Å². The number of aromatic nitrogens is 2. The van der Waals surface area contributed by atoms with Crippen LogP contribution in [0.4, 0.5) is 5.69 Å². The van der Waals surface area contributed by atoms with E-state index in [2.05, 4.69) is 17.3 Å². The van der Waals surface area contributed by atoms with Gasteiger partial charge in [0.05, 0.1) is 17.5 Å². The first-order valence-electron chi connectivity index (χ1n) is 6.90. The summed E-state index contributed by atoms with van der Waals surface area (Å²) in [5.41, 5.74) is 2.03. The van der Waals surface area contributed by atoms with Gasteiger partial charge < -0.3 is 10.1 Å². The molecule has 106 valence electrons. The van der Waals surface area contributed by atoms with Gasteiger partial charge in [0.2, 0.25) is 0 Å². The fourth-order valence-corrected chi connectivity index (χ4v) is 2.76. The second-order valence-electron chi connectivity index (χ2n) is 5.16. The van der Waals surface area contributed by atoms with E-state index < -0.39 is 0 Å². The van der Waals surface area contributed by atoms with Gasteiger partial charge in [0.15, 0.2) is 0 Å². The molecule has 1 aromatic heterocycles. The standard InChI is InChI=1S/C15H18ClN3O/c1-11-9-13(5-8-20-11)18-14-10-12(16)3-4-15(14)19-7-2-6-17-19/h2-4,6-7,10-11,13,18H,5,8-9H2,1H3. The van der Waals surface area contributed by atoms with E-state index >= 15 is 0 Å². The zero-order valence-corrected chi connectivity index (χ0v) is 12.2. The summed E-state index contributed by atoms with van der Waals surface area (Å²) >= 11 is 6.13. The number of nitrogens with one attached hydrogen (secondary N) is 1. The Hall–Kier alpha value is -1.52. The number of anilines is 1. The van der Waals surface area contributed by atoms with Crippen LogP contribution in [-0.4, -0.2) is 28.5 Å². The minimum absolute atomic E-state index is 0.300. The van der Waals surface area contributed by atoms with Crippen molar-refractivity contribution < 1.29 is 4.74 Å². The highest BCUT2D eigenvalue weighted by Gasteiger charge is 2.20. The van der Waals surface area contributed by atoms with Crippen LogP contribution in [0.15, 0.2) is 36.7 Å². The van der Waals surface area contributed by atoms with Gasteiger partial charge in [-0.2, -0.15) is 5.10 Å². The molecule has 0 saturated carbocycles. The molecule has 0 radical (unpaired) electrons. The fraction of sp³-hybridized carbons (Fsp3) is 0.400. The number of nitrogens with zero attached hydrogens (tertiary/aromatic N) is 2. The Balaban J connectivity index is 1.86. The maximum atomic E-state index is 6.13. The first-order chi connectivity index (χ1) is 9.72. The van der Waals surface area contributed by atoms with Gasteiger partial charge in [-0.1, -0.05) is 11.6 Å². The summed E-state index contributed by atoms with van der Waals surface area (Å²) in [7, 11) is 0. The molecule has 1 N–H and O–H groups in total. The molecule has 1 aliphatic heterocycles. The summed E-state index contributed by atoms with van der Waals surface area (Å²) in [6.07, 6.45) is 6.02. The molecule has 0 amide bonds. The van der Waals surface area contributed by atoms with Gasteiger partial charge in [-0.25, -0.2) is 4.68 Å². The number of rotatable bonds is 3. The lowest BCUT2D eigenvalue weighted by Crippen LogP contribution is -2.32. The zero-order valence-electron chi connectivity index (χ0n) is 11.4. The molecule has 0 spiro atoms. The highest BCUT2D eigenvalue weighted by Crippen LogP contribution is 2.27. The predicted octanol–water partition coefficient (Wildman–Crippen LogP) is 3.51. The van der Waals surface area contributed by atoms with Crippen molar-refractivity contribution in [2.45, 2.75) is 31.9 Å². The summed E-state index contributed by atoms with van der Waals surface area (Å²) in [6, 6.07) is 8.15. The molecular weight excluding hydrogens is 274 g/mol. The van der Waals surface area contributed by atoms with E-state index in [-0.39, 0.29) is 0 Å². The summed E-state index contributed by atoms with van der Waals surface area (Å²) < 4.78 is 7.44. The second kappa shape index (κ2) is 5.85. The molecule has 1 fully saturated rings. The van der Waals surface area contributed by atoms with Gasteiger partial charge >= 0.3 is 0 Å². The lowest BCUT2D eigenvalue weighted by atomic mass is 10.0. The van der Waals surface area contributed by atoms with E-state index in [0.717, 1.165) is 35.8 Å². The van der Waals surface area contributed by atoms with Gasteiger partial charge in [-0.05, 0) is 44.0 Å². The number of benzene rings is 1. The average molecular weight is 292 g/mol. The normalized spacial score (nSPS) is 22.7. The molecule has 5 heteroatoms. The van der Waals surface area contributed by atoms with Crippen molar-refractivity contribution in [2.75, 3.05) is 11.9 Å². The van der Waals surface area contributed by atoms with Crippen LogP contribution in [0.3, 0.4) is 0 Å². The topological polar surface area (TPSA) is 39.1 Å². The molecule has 0 aliphatic carbocycles. The molecule has 20 heavy (non-hydrogen) atoms. The largest absolute Gasteiger partial charge is 0.380 e. The minimum atomic E-state index is 0.300. The Bertz CT molecular complexity index is 571. The van der Waals surface area contributed by atoms with Crippen LogP contribution in [0.2, 0.25) is 5.02 Å². The average Bonchev–Trinajstić information content (AvgIpc) is 2.93. The first kappa shape index (κ1) is 13.5. The third-order valence-corrected chi connectivity index (χ3v) is 3.79. The van der Waals surface area contributed by atoms with Crippen molar-refractivity contribution in [1.82, 2.24) is 9.78 Å². The Kier molecular flexibility index (Phi) is 3.94. The van der Waals surface area contributed by atoms with E-state index in [0.29, 0.717) is 12.1 Å². The molecule has 1 aromatic carbocycles. The van der Waals surface area contributed by atoms with Crippen LogP contribution >= 0.6 is 11.6 Å². The molecule has 1 aliphatic rings. The minimum Gasteiger partial charge on any atom is -0.380 e. The first-order valence-corrected chi connectivity index (χ1v) is 7.28. The van der Waals surface area contributed by atoms with Crippen molar-refractivity contribution in [1.29, 1.82) is 0 Å². The third kappa shape index (κ3) is 2.97. The van der Waals surface area contributed by atoms with Gasteiger partial charge in [-0.3, -0.25) is 0 Å². The van der Waals surface area contributed by atoms with E-state index in [4.69, 9.17) is 16.3 Å². The lowest BCUT2D eigenvalue weighted by Gasteiger charge is -2.29. The molecule has 2 heterocycles. The van der Waals surface area contributed by atoms with Crippen molar-refractivity contribution in [3.8, 4) is 5.69 Å². The molecule has 4 nitrogen and oxygen atoms in total. The Labute approximate surface area is 123 Å². The third-order valence-electron chi connectivity index (χ3n) is 3.55. The highest BCUT2D eigenvalue weighted by molar-refractivity contribution is 6.31. The molecule has 0 bridgehead atoms. The molecule has 1 saturated heterocycles. The van der Waals surface area contributed by atoms with Crippen LogP contribution in [0.1, 0.15) is 19.8 Å². The number of hydrogen-bond donors (Lipinski definition) is 1. The van der Waals surface area contributed by atoms with Crippen molar-refractivity contribution in [2.24, 2.45) is 0 Å². The van der Waals surface area contributed by atoms with Crippen molar-refractivity contribution in [3.63, 3.8) is 0 Å². The molecule has 2 unspecified atom stereocenters.